The van der Waals surface area contributed by atoms with Gasteiger partial charge < -0.3 is 4.90 Å². The van der Waals surface area contributed by atoms with Gasteiger partial charge in [-0.2, -0.15) is 5.26 Å². The van der Waals surface area contributed by atoms with Crippen molar-refractivity contribution < 1.29 is 8.78 Å². The summed E-state index contributed by atoms with van der Waals surface area (Å²) in [4.78, 5) is 2.29. The van der Waals surface area contributed by atoms with Gasteiger partial charge in [0, 0.05) is 6.54 Å². The van der Waals surface area contributed by atoms with E-state index in [-0.39, 0.29) is 5.92 Å². The molecule has 0 radical (unpaired) electrons. The van der Waals surface area contributed by atoms with Crippen LogP contribution in [0.25, 0.3) is 0 Å². The second kappa shape index (κ2) is 10.7. The van der Waals surface area contributed by atoms with Gasteiger partial charge in [0.15, 0.2) is 11.6 Å². The fourth-order valence-corrected chi connectivity index (χ4v) is 4.87. The summed E-state index contributed by atoms with van der Waals surface area (Å²) in [6.45, 7) is 1.84. The zero-order chi connectivity index (χ0) is 21.4. The van der Waals surface area contributed by atoms with Crippen molar-refractivity contribution in [2.24, 2.45) is 5.92 Å². The molecule has 30 heavy (non-hydrogen) atoms. The molecule has 1 aliphatic rings. The van der Waals surface area contributed by atoms with Crippen LogP contribution in [0.3, 0.4) is 0 Å². The molecule has 0 aromatic heterocycles. The fourth-order valence-electron chi connectivity index (χ4n) is 4.87. The number of likely N-dealkylation sites (N-methyl/N-ethyl adjacent to an activating group) is 1. The third kappa shape index (κ3) is 5.46. The average molecular weight is 411 g/mol. The normalized spacial score (nSPS) is 16.9. The van der Waals surface area contributed by atoms with E-state index in [4.69, 9.17) is 0 Å². The van der Waals surface area contributed by atoms with Crippen molar-refractivity contribution in [2.75, 3.05) is 20.1 Å². The van der Waals surface area contributed by atoms with Gasteiger partial charge in [-0.1, -0.05) is 55.7 Å². The van der Waals surface area contributed by atoms with Gasteiger partial charge in [0.2, 0.25) is 0 Å². The lowest BCUT2D eigenvalue weighted by atomic mass is 9.63. The van der Waals surface area contributed by atoms with Crippen molar-refractivity contribution in [3.8, 4) is 6.07 Å². The topological polar surface area (TPSA) is 27.0 Å². The first-order valence-corrected chi connectivity index (χ1v) is 11.1. The number of benzene rings is 2. The predicted molar refractivity (Wildman–Crippen MR) is 117 cm³/mol. The standard InChI is InChI=1S/C26H32F2N2/c1-30(18-15-21-9-4-2-5-10-21)17-8-16-26(20-29,22-11-6-3-7-12-22)23-13-14-24(27)25(28)19-23/h2,4-5,9-10,13-14,19,22H,3,6-8,11-12,15-18H2,1H3. The summed E-state index contributed by atoms with van der Waals surface area (Å²) in [5, 5.41) is 10.3. The van der Waals surface area contributed by atoms with Gasteiger partial charge in [-0.25, -0.2) is 8.78 Å². The third-order valence-electron chi connectivity index (χ3n) is 6.67. The van der Waals surface area contributed by atoms with Crippen LogP contribution in [-0.4, -0.2) is 25.0 Å². The Hall–Kier alpha value is -2.25. The maximum absolute atomic E-state index is 14.0. The minimum atomic E-state index is -0.858. The number of nitriles is 1. The number of nitrogens with zero attached hydrogens (tertiary/aromatic N) is 2. The molecule has 0 N–H and O–H groups in total. The van der Waals surface area contributed by atoms with E-state index in [9.17, 15) is 14.0 Å². The smallest absolute Gasteiger partial charge is 0.159 e. The molecule has 1 aliphatic carbocycles. The molecule has 0 amide bonds. The van der Waals surface area contributed by atoms with E-state index in [1.54, 1.807) is 6.07 Å². The first kappa shape index (κ1) is 22.4. The summed E-state index contributed by atoms with van der Waals surface area (Å²) >= 11 is 0. The summed E-state index contributed by atoms with van der Waals surface area (Å²) in [6, 6.07) is 17.0. The van der Waals surface area contributed by atoms with Gasteiger partial charge >= 0.3 is 0 Å². The maximum Gasteiger partial charge on any atom is 0.159 e. The summed E-state index contributed by atoms with van der Waals surface area (Å²) in [6.07, 6.45) is 7.89. The molecule has 1 fully saturated rings. The zero-order valence-electron chi connectivity index (χ0n) is 17.9. The molecule has 0 aliphatic heterocycles. The highest BCUT2D eigenvalue weighted by Gasteiger charge is 2.41. The second-order valence-corrected chi connectivity index (χ2v) is 8.69. The molecule has 0 spiro atoms. The van der Waals surface area contributed by atoms with E-state index in [0.717, 1.165) is 51.6 Å². The van der Waals surface area contributed by atoms with Crippen LogP contribution in [0.2, 0.25) is 0 Å². The largest absolute Gasteiger partial charge is 0.306 e. The van der Waals surface area contributed by atoms with Gasteiger partial charge in [0.25, 0.3) is 0 Å². The first-order valence-electron chi connectivity index (χ1n) is 11.1. The number of halogens is 2. The van der Waals surface area contributed by atoms with Gasteiger partial charge in [-0.3, -0.25) is 0 Å². The summed E-state index contributed by atoms with van der Waals surface area (Å²) < 4.78 is 27.6. The summed E-state index contributed by atoms with van der Waals surface area (Å²) in [5.41, 5.74) is 1.22. The Morgan fingerprint density at radius 1 is 1.00 bits per heavy atom. The number of hydrogen-bond acceptors (Lipinski definition) is 2. The fraction of sp³-hybridized carbons (Fsp3) is 0.500. The molecule has 3 rings (SSSR count). The van der Waals surface area contributed by atoms with E-state index in [2.05, 4.69) is 42.3 Å². The monoisotopic (exact) mass is 410 g/mol. The molecule has 1 atom stereocenters. The minimum Gasteiger partial charge on any atom is -0.306 e. The Kier molecular flexibility index (Phi) is 7.99. The molecule has 0 bridgehead atoms. The van der Waals surface area contributed by atoms with Crippen LogP contribution in [0, 0.1) is 28.9 Å². The van der Waals surface area contributed by atoms with Crippen molar-refractivity contribution in [3.63, 3.8) is 0 Å². The van der Waals surface area contributed by atoms with Crippen LogP contribution < -0.4 is 0 Å². The van der Waals surface area contributed by atoms with Gasteiger partial charge in [0.1, 0.15) is 0 Å². The van der Waals surface area contributed by atoms with Gasteiger partial charge in [0.05, 0.1) is 11.5 Å². The predicted octanol–water partition coefficient (Wildman–Crippen LogP) is 6.26. The molecule has 1 saturated carbocycles. The van der Waals surface area contributed by atoms with Crippen LogP contribution >= 0.6 is 0 Å². The molecular formula is C26H32F2N2. The molecule has 1 unspecified atom stereocenters. The molecule has 2 nitrogen and oxygen atoms in total. The molecule has 4 heteroatoms. The third-order valence-corrected chi connectivity index (χ3v) is 6.67. The van der Waals surface area contributed by atoms with E-state index in [0.29, 0.717) is 12.0 Å². The first-order chi connectivity index (χ1) is 14.5. The van der Waals surface area contributed by atoms with E-state index < -0.39 is 17.0 Å². The lowest BCUT2D eigenvalue weighted by Gasteiger charge is -2.38. The molecule has 2 aromatic carbocycles. The molecule has 2 aromatic rings. The average Bonchev–Trinajstić information content (AvgIpc) is 2.79. The molecule has 0 heterocycles. The van der Waals surface area contributed by atoms with Crippen LogP contribution in [0.15, 0.2) is 48.5 Å². The highest BCUT2D eigenvalue weighted by Crippen LogP contribution is 2.44. The van der Waals surface area contributed by atoms with E-state index in [1.807, 2.05) is 6.07 Å². The Morgan fingerprint density at radius 2 is 1.73 bits per heavy atom. The number of hydrogen-bond donors (Lipinski definition) is 0. The van der Waals surface area contributed by atoms with Crippen molar-refractivity contribution in [1.29, 1.82) is 5.26 Å². The Morgan fingerprint density at radius 3 is 2.40 bits per heavy atom. The molecule has 0 saturated heterocycles. The number of rotatable bonds is 9. The minimum absolute atomic E-state index is 0.204. The van der Waals surface area contributed by atoms with Crippen molar-refractivity contribution >= 4 is 0 Å². The zero-order valence-corrected chi connectivity index (χ0v) is 17.9. The van der Waals surface area contributed by atoms with Crippen LogP contribution in [0.1, 0.15) is 56.1 Å². The highest BCUT2D eigenvalue weighted by molar-refractivity contribution is 5.35. The quantitative estimate of drug-likeness (QED) is 0.488. The van der Waals surface area contributed by atoms with Crippen molar-refractivity contribution in [2.45, 2.75) is 56.8 Å². The van der Waals surface area contributed by atoms with Crippen LogP contribution in [-0.2, 0) is 11.8 Å². The van der Waals surface area contributed by atoms with Crippen LogP contribution in [0.5, 0.6) is 0 Å². The van der Waals surface area contributed by atoms with Crippen molar-refractivity contribution in [3.05, 3.63) is 71.3 Å². The van der Waals surface area contributed by atoms with Gasteiger partial charge in [-0.15, -0.1) is 0 Å². The van der Waals surface area contributed by atoms with Crippen LogP contribution in [0.4, 0.5) is 8.78 Å². The summed E-state index contributed by atoms with van der Waals surface area (Å²) in [7, 11) is 2.11. The Balaban J connectivity index is 1.67. The summed E-state index contributed by atoms with van der Waals surface area (Å²) in [5.74, 6) is -1.51. The Bertz CT molecular complexity index is 840. The van der Waals surface area contributed by atoms with Gasteiger partial charge in [-0.05, 0) is 74.9 Å². The van der Waals surface area contributed by atoms with E-state index >= 15 is 0 Å². The Labute approximate surface area is 179 Å². The lowest BCUT2D eigenvalue weighted by molar-refractivity contribution is 0.224. The maximum atomic E-state index is 14.0. The molecule has 160 valence electrons. The molecular weight excluding hydrogens is 378 g/mol. The second-order valence-electron chi connectivity index (χ2n) is 8.69. The van der Waals surface area contributed by atoms with Crippen molar-refractivity contribution in [1.82, 2.24) is 4.90 Å². The van der Waals surface area contributed by atoms with E-state index in [1.165, 1.54) is 24.1 Å². The SMILES string of the molecule is CN(CCCC(C#N)(c1ccc(F)c(F)c1)C1CCCCC1)CCc1ccccc1. The lowest BCUT2D eigenvalue weighted by Crippen LogP contribution is -2.36. The highest BCUT2D eigenvalue weighted by atomic mass is 19.2.